The number of hydrogen-bond donors (Lipinski definition) is 2. The quantitative estimate of drug-likeness (QED) is 0.242. The minimum Gasteiger partial charge on any atom is -0.348 e. The highest BCUT2D eigenvalue weighted by Crippen LogP contribution is 2.53. The maximum Gasteiger partial charge on any atom is 0.435 e. The average molecular weight is 667 g/mol. The third-order valence-corrected chi connectivity index (χ3v) is 7.92. The van der Waals surface area contributed by atoms with Crippen molar-refractivity contribution in [3.8, 4) is 0 Å². The lowest BCUT2D eigenvalue weighted by atomic mass is 9.92. The first-order valence-electron chi connectivity index (χ1n) is 12.7. The Hall–Kier alpha value is -3.65. The van der Waals surface area contributed by atoms with Crippen molar-refractivity contribution in [2.24, 2.45) is 0 Å². The van der Waals surface area contributed by atoms with Gasteiger partial charge in [-0.15, -0.1) is 0 Å². The van der Waals surface area contributed by atoms with Gasteiger partial charge in [0.05, 0.1) is 21.9 Å². The molecule has 238 valence electrons. The zero-order valence-electron chi connectivity index (χ0n) is 23.3. The van der Waals surface area contributed by atoms with E-state index in [1.165, 1.54) is 31.2 Å². The molecule has 2 amide bonds. The second-order valence-electron chi connectivity index (χ2n) is 10.3. The van der Waals surface area contributed by atoms with Crippen molar-refractivity contribution in [3.63, 3.8) is 0 Å². The van der Waals surface area contributed by atoms with Crippen molar-refractivity contribution in [2.45, 2.75) is 44.3 Å². The highest BCUT2D eigenvalue weighted by Gasteiger charge is 2.73. The lowest BCUT2D eigenvalue weighted by molar-refractivity contribution is -0.348. The molecule has 0 aliphatic heterocycles. The number of nitrogens with one attached hydrogen (secondary N) is 2. The van der Waals surface area contributed by atoms with Crippen LogP contribution in [0, 0.1) is 6.92 Å². The van der Waals surface area contributed by atoms with Crippen molar-refractivity contribution in [1.82, 2.24) is 5.32 Å². The Morgan fingerprint density at radius 2 is 1.43 bits per heavy atom. The third kappa shape index (κ3) is 7.89. The fourth-order valence-corrected chi connectivity index (χ4v) is 5.73. The van der Waals surface area contributed by atoms with Crippen molar-refractivity contribution in [1.29, 1.82) is 0 Å². The molecular formula is C29H26ClF7N2O4S. The zero-order valence-corrected chi connectivity index (χ0v) is 24.9. The molecule has 0 radical (unpaired) electrons. The minimum absolute atomic E-state index is 0.0461. The monoisotopic (exact) mass is 666 g/mol. The molecule has 1 atom stereocenters. The first kappa shape index (κ1) is 34.8. The van der Waals surface area contributed by atoms with E-state index in [1.807, 2.05) is 0 Å². The SMILES string of the molecule is Cc1cc(Cc2ccc(C(F)(C(F)(F)F)C(F)(F)F)cc2)ccc1NC(=O)c1cccc(Cl)c1C(=O)N[C@@H](C)CS(C)(=O)=O. The summed E-state index contributed by atoms with van der Waals surface area (Å²) >= 11 is 6.20. The molecular weight excluding hydrogens is 641 g/mol. The summed E-state index contributed by atoms with van der Waals surface area (Å²) in [5.41, 5.74) is -5.64. The van der Waals surface area contributed by atoms with Gasteiger partial charge in [-0.25, -0.2) is 12.8 Å². The summed E-state index contributed by atoms with van der Waals surface area (Å²) in [6.07, 6.45) is -11.3. The summed E-state index contributed by atoms with van der Waals surface area (Å²) in [5.74, 6) is -1.80. The van der Waals surface area contributed by atoms with Crippen LogP contribution in [-0.2, 0) is 21.9 Å². The van der Waals surface area contributed by atoms with Crippen LogP contribution < -0.4 is 10.6 Å². The molecule has 3 aromatic carbocycles. The third-order valence-electron chi connectivity index (χ3n) is 6.50. The highest BCUT2D eigenvalue weighted by atomic mass is 35.5. The van der Waals surface area contributed by atoms with Gasteiger partial charge >= 0.3 is 18.0 Å². The zero-order chi connectivity index (χ0) is 33.3. The second kappa shape index (κ2) is 12.8. The molecule has 3 rings (SSSR count). The summed E-state index contributed by atoms with van der Waals surface area (Å²) < 4.78 is 116. The molecule has 0 saturated carbocycles. The molecule has 2 N–H and O–H groups in total. The Morgan fingerprint density at radius 1 is 0.864 bits per heavy atom. The number of aryl methyl sites for hydroxylation is 1. The molecule has 44 heavy (non-hydrogen) atoms. The van der Waals surface area contributed by atoms with Gasteiger partial charge in [-0.2, -0.15) is 26.3 Å². The number of hydrogen-bond acceptors (Lipinski definition) is 4. The predicted octanol–water partition coefficient (Wildman–Crippen LogP) is 6.94. The molecule has 0 spiro atoms. The molecule has 0 aliphatic carbocycles. The van der Waals surface area contributed by atoms with E-state index in [9.17, 15) is 48.7 Å². The van der Waals surface area contributed by atoms with Crippen molar-refractivity contribution >= 4 is 38.9 Å². The molecule has 0 bridgehead atoms. The smallest absolute Gasteiger partial charge is 0.348 e. The van der Waals surface area contributed by atoms with Crippen LogP contribution in [0.5, 0.6) is 0 Å². The Balaban J connectivity index is 1.78. The van der Waals surface area contributed by atoms with E-state index in [-0.39, 0.29) is 28.3 Å². The Morgan fingerprint density at radius 3 is 1.95 bits per heavy atom. The van der Waals surface area contributed by atoms with Gasteiger partial charge < -0.3 is 10.6 Å². The number of rotatable bonds is 9. The summed E-state index contributed by atoms with van der Waals surface area (Å²) in [5, 5.41) is 5.12. The Bertz CT molecular complexity index is 1640. The number of anilines is 1. The van der Waals surface area contributed by atoms with E-state index < -0.39 is 51.3 Å². The van der Waals surface area contributed by atoms with Crippen LogP contribution in [0.15, 0.2) is 60.7 Å². The molecule has 0 fully saturated rings. The topological polar surface area (TPSA) is 92.3 Å². The van der Waals surface area contributed by atoms with Crippen LogP contribution in [0.1, 0.15) is 49.9 Å². The fraction of sp³-hybridized carbons (Fsp3) is 0.310. The maximum atomic E-state index is 14.3. The van der Waals surface area contributed by atoms with Crippen LogP contribution in [0.2, 0.25) is 5.02 Å². The summed E-state index contributed by atoms with van der Waals surface area (Å²) in [7, 11) is -3.40. The van der Waals surface area contributed by atoms with Crippen molar-refractivity contribution in [2.75, 3.05) is 17.3 Å². The normalized spacial score (nSPS) is 13.3. The van der Waals surface area contributed by atoms with Crippen molar-refractivity contribution in [3.05, 3.63) is 99.1 Å². The summed E-state index contributed by atoms with van der Waals surface area (Å²) in [6, 6.07) is 10.9. The number of amides is 2. The number of carbonyl (C=O) groups excluding carboxylic acids is 2. The number of sulfone groups is 1. The molecule has 0 aromatic heterocycles. The first-order chi connectivity index (χ1) is 20.1. The molecule has 0 saturated heterocycles. The van der Waals surface area contributed by atoms with Crippen LogP contribution in [0.4, 0.5) is 36.4 Å². The number of carbonyl (C=O) groups is 2. The van der Waals surface area contributed by atoms with Gasteiger partial charge in [0.25, 0.3) is 11.8 Å². The highest BCUT2D eigenvalue weighted by molar-refractivity contribution is 7.90. The van der Waals surface area contributed by atoms with Gasteiger partial charge in [-0.3, -0.25) is 9.59 Å². The molecule has 0 unspecified atom stereocenters. The maximum absolute atomic E-state index is 14.3. The minimum atomic E-state index is -6.21. The van der Waals surface area contributed by atoms with E-state index in [1.54, 1.807) is 19.1 Å². The second-order valence-corrected chi connectivity index (χ2v) is 12.9. The summed E-state index contributed by atoms with van der Waals surface area (Å²) in [4.78, 5) is 26.0. The number of alkyl halides is 7. The van der Waals surface area contributed by atoms with E-state index in [2.05, 4.69) is 10.6 Å². The summed E-state index contributed by atoms with van der Waals surface area (Å²) in [6.45, 7) is 3.11. The molecule has 0 heterocycles. The van der Waals surface area contributed by atoms with E-state index >= 15 is 0 Å². The lowest BCUT2D eigenvalue weighted by Gasteiger charge is -2.30. The van der Waals surface area contributed by atoms with Gasteiger partial charge in [-0.1, -0.05) is 54.1 Å². The molecule has 15 heteroatoms. The average Bonchev–Trinajstić information content (AvgIpc) is 2.87. The van der Waals surface area contributed by atoms with Crippen LogP contribution in [-0.4, -0.2) is 50.6 Å². The van der Waals surface area contributed by atoms with E-state index in [0.29, 0.717) is 34.5 Å². The Labute approximate surface area is 253 Å². The lowest BCUT2D eigenvalue weighted by Crippen LogP contribution is -2.50. The van der Waals surface area contributed by atoms with Crippen molar-refractivity contribution < 1.29 is 48.7 Å². The first-order valence-corrected chi connectivity index (χ1v) is 15.2. The Kier molecular flexibility index (Phi) is 10.1. The van der Waals surface area contributed by atoms with Gasteiger partial charge in [0.2, 0.25) is 0 Å². The molecule has 3 aromatic rings. The van der Waals surface area contributed by atoms with Gasteiger partial charge in [0.15, 0.2) is 0 Å². The standard InChI is InChI=1S/C29H26ClF7N2O4S/c1-16-13-19(14-18-7-10-20(11-8-18)27(31,28(32,33)34)29(35,36)37)9-12-23(16)39-25(40)21-5-4-6-22(30)24(21)26(41)38-17(2)15-44(3,42)43/h4-13,17H,14-15H2,1-3H3,(H,38,41)(H,39,40)/t17-/m0/s1. The van der Waals surface area contributed by atoms with Crippen LogP contribution in [0.25, 0.3) is 0 Å². The fourth-order valence-electron chi connectivity index (χ4n) is 4.48. The number of benzene rings is 3. The van der Waals surface area contributed by atoms with Crippen LogP contribution in [0.3, 0.4) is 0 Å². The van der Waals surface area contributed by atoms with Gasteiger partial charge in [0, 0.05) is 23.5 Å². The largest absolute Gasteiger partial charge is 0.435 e. The van der Waals surface area contributed by atoms with Gasteiger partial charge in [-0.05, 0) is 55.2 Å². The van der Waals surface area contributed by atoms with E-state index in [0.717, 1.165) is 18.4 Å². The number of halogens is 8. The van der Waals surface area contributed by atoms with Gasteiger partial charge in [0.1, 0.15) is 9.84 Å². The van der Waals surface area contributed by atoms with E-state index in [4.69, 9.17) is 11.6 Å². The van der Waals surface area contributed by atoms with Crippen LogP contribution >= 0.6 is 11.6 Å². The molecule has 6 nitrogen and oxygen atoms in total. The molecule has 0 aliphatic rings. The predicted molar refractivity (Wildman–Crippen MR) is 151 cm³/mol.